The molecule has 1 unspecified atom stereocenters. The zero-order chi connectivity index (χ0) is 12.5. The first kappa shape index (κ1) is 11.7. The third kappa shape index (κ3) is 2.01. The summed E-state index contributed by atoms with van der Waals surface area (Å²) in [5, 5.41) is 3.49. The van der Waals surface area contributed by atoms with Crippen LogP contribution in [0.5, 0.6) is 5.75 Å². The largest absolute Gasteiger partial charge is 0.489 e. The smallest absolute Gasteiger partial charge is 0.144 e. The van der Waals surface area contributed by atoms with Crippen molar-refractivity contribution in [3.8, 4) is 5.75 Å². The number of fused-ring (bicyclic) bond motifs is 3. The Labute approximate surface area is 108 Å². The molecule has 0 aromatic heterocycles. The summed E-state index contributed by atoms with van der Waals surface area (Å²) in [7, 11) is 0. The highest BCUT2D eigenvalue weighted by atomic mass is 16.5. The molecule has 4 heteroatoms. The number of ether oxygens (including phenoxy) is 2. The molecule has 0 spiro atoms. The molecule has 0 saturated carbocycles. The highest BCUT2D eigenvalue weighted by Crippen LogP contribution is 2.39. The van der Waals surface area contributed by atoms with Crippen LogP contribution >= 0.6 is 0 Å². The minimum absolute atomic E-state index is 0.195. The van der Waals surface area contributed by atoms with Crippen LogP contribution in [0.4, 0.5) is 11.4 Å². The van der Waals surface area contributed by atoms with E-state index in [1.807, 2.05) is 6.07 Å². The highest BCUT2D eigenvalue weighted by molar-refractivity contribution is 5.79. The lowest BCUT2D eigenvalue weighted by molar-refractivity contribution is 0.0962. The van der Waals surface area contributed by atoms with E-state index in [4.69, 9.17) is 9.47 Å². The molecule has 18 heavy (non-hydrogen) atoms. The Kier molecular flexibility index (Phi) is 3.04. The van der Waals surface area contributed by atoms with Gasteiger partial charge in [0.25, 0.3) is 0 Å². The van der Waals surface area contributed by atoms with Crippen molar-refractivity contribution in [2.24, 2.45) is 0 Å². The first-order valence-electron chi connectivity index (χ1n) is 6.63. The van der Waals surface area contributed by atoms with Crippen molar-refractivity contribution in [2.75, 3.05) is 36.5 Å². The Morgan fingerprint density at radius 3 is 3.17 bits per heavy atom. The summed E-state index contributed by atoms with van der Waals surface area (Å²) in [5.41, 5.74) is 2.37. The van der Waals surface area contributed by atoms with Crippen molar-refractivity contribution in [1.82, 2.24) is 0 Å². The number of para-hydroxylation sites is 1. The van der Waals surface area contributed by atoms with Crippen LogP contribution in [0.2, 0.25) is 0 Å². The molecule has 1 fully saturated rings. The van der Waals surface area contributed by atoms with E-state index in [1.54, 1.807) is 0 Å². The predicted octanol–water partition coefficient (Wildman–Crippen LogP) is 2.10. The first-order valence-corrected chi connectivity index (χ1v) is 6.63. The van der Waals surface area contributed by atoms with Gasteiger partial charge in [-0.1, -0.05) is 6.07 Å². The van der Waals surface area contributed by atoms with Gasteiger partial charge in [0.1, 0.15) is 11.4 Å². The standard InChI is InChI=1S/C14H20N2O2/c1-10(2)18-13-5-3-4-12-14(13)15-8-11-9-17-7-6-16(11)12/h3-5,10-11,15H,6-9H2,1-2H3. The average molecular weight is 248 g/mol. The van der Waals surface area contributed by atoms with Gasteiger partial charge in [0, 0.05) is 13.1 Å². The van der Waals surface area contributed by atoms with Gasteiger partial charge in [-0.25, -0.2) is 0 Å². The number of anilines is 2. The van der Waals surface area contributed by atoms with Crippen molar-refractivity contribution in [1.29, 1.82) is 0 Å². The predicted molar refractivity (Wildman–Crippen MR) is 72.6 cm³/mol. The third-order valence-electron chi connectivity index (χ3n) is 3.42. The summed E-state index contributed by atoms with van der Waals surface area (Å²) >= 11 is 0. The molecule has 1 aromatic carbocycles. The maximum atomic E-state index is 5.87. The molecule has 1 saturated heterocycles. The van der Waals surface area contributed by atoms with Gasteiger partial charge in [-0.15, -0.1) is 0 Å². The minimum atomic E-state index is 0.195. The van der Waals surface area contributed by atoms with E-state index in [2.05, 4.69) is 36.2 Å². The fourth-order valence-corrected chi connectivity index (χ4v) is 2.65. The second-order valence-electron chi connectivity index (χ2n) is 5.12. The van der Waals surface area contributed by atoms with Crippen molar-refractivity contribution < 1.29 is 9.47 Å². The molecule has 1 N–H and O–H groups in total. The van der Waals surface area contributed by atoms with E-state index in [1.165, 1.54) is 5.69 Å². The Morgan fingerprint density at radius 2 is 2.33 bits per heavy atom. The van der Waals surface area contributed by atoms with Crippen LogP contribution in [0.15, 0.2) is 18.2 Å². The third-order valence-corrected chi connectivity index (χ3v) is 3.42. The number of hydrogen-bond acceptors (Lipinski definition) is 4. The molecule has 3 rings (SSSR count). The first-order chi connectivity index (χ1) is 8.75. The topological polar surface area (TPSA) is 33.7 Å². The summed E-state index contributed by atoms with van der Waals surface area (Å²) in [6.07, 6.45) is 0.195. The molecule has 2 heterocycles. The Balaban J connectivity index is 1.94. The molecule has 4 nitrogen and oxygen atoms in total. The highest BCUT2D eigenvalue weighted by Gasteiger charge is 2.30. The fourth-order valence-electron chi connectivity index (χ4n) is 2.65. The summed E-state index contributed by atoms with van der Waals surface area (Å²) in [4.78, 5) is 2.43. The van der Waals surface area contributed by atoms with E-state index in [-0.39, 0.29) is 6.10 Å². The molecular weight excluding hydrogens is 228 g/mol. The van der Waals surface area contributed by atoms with Crippen LogP contribution in [0, 0.1) is 0 Å². The van der Waals surface area contributed by atoms with Crippen molar-refractivity contribution in [2.45, 2.75) is 26.0 Å². The van der Waals surface area contributed by atoms with E-state index in [9.17, 15) is 0 Å². The number of benzene rings is 1. The molecule has 1 atom stereocenters. The van der Waals surface area contributed by atoms with Crippen LogP contribution in [0.3, 0.4) is 0 Å². The van der Waals surface area contributed by atoms with Crippen molar-refractivity contribution >= 4 is 11.4 Å². The second kappa shape index (κ2) is 4.69. The van der Waals surface area contributed by atoms with Crippen LogP contribution in [-0.2, 0) is 4.74 Å². The lowest BCUT2D eigenvalue weighted by Gasteiger charge is -2.42. The van der Waals surface area contributed by atoms with Crippen LogP contribution < -0.4 is 15.0 Å². The molecule has 2 aliphatic heterocycles. The molecule has 2 aliphatic rings. The van der Waals surface area contributed by atoms with Gasteiger partial charge in [0.2, 0.25) is 0 Å². The summed E-state index contributed by atoms with van der Waals surface area (Å²) in [6, 6.07) is 6.70. The normalized spacial score (nSPS) is 22.2. The molecular formula is C14H20N2O2. The van der Waals surface area contributed by atoms with E-state index in [0.29, 0.717) is 6.04 Å². The quantitative estimate of drug-likeness (QED) is 0.869. The number of hydrogen-bond donors (Lipinski definition) is 1. The maximum absolute atomic E-state index is 5.87. The second-order valence-corrected chi connectivity index (χ2v) is 5.12. The molecule has 0 amide bonds. The van der Waals surface area contributed by atoms with Gasteiger partial charge in [-0.3, -0.25) is 0 Å². The number of rotatable bonds is 2. The lowest BCUT2D eigenvalue weighted by Crippen LogP contribution is -2.51. The molecule has 0 radical (unpaired) electrons. The summed E-state index contributed by atoms with van der Waals surface area (Å²) < 4.78 is 11.4. The maximum Gasteiger partial charge on any atom is 0.144 e. The van der Waals surface area contributed by atoms with E-state index < -0.39 is 0 Å². The Hall–Kier alpha value is -1.42. The minimum Gasteiger partial charge on any atom is -0.489 e. The Morgan fingerprint density at radius 1 is 1.44 bits per heavy atom. The fraction of sp³-hybridized carbons (Fsp3) is 0.571. The molecule has 1 aromatic rings. The summed E-state index contributed by atoms with van der Waals surface area (Å²) in [5.74, 6) is 0.951. The monoisotopic (exact) mass is 248 g/mol. The lowest BCUT2D eigenvalue weighted by atomic mass is 10.1. The van der Waals surface area contributed by atoms with Crippen LogP contribution in [0.25, 0.3) is 0 Å². The SMILES string of the molecule is CC(C)Oc1cccc2c1NCC1COCCN21. The average Bonchev–Trinajstić information content (AvgIpc) is 2.38. The number of morpholine rings is 1. The van der Waals surface area contributed by atoms with Gasteiger partial charge in [0.05, 0.1) is 31.0 Å². The number of nitrogens with one attached hydrogen (secondary N) is 1. The van der Waals surface area contributed by atoms with Crippen LogP contribution in [0.1, 0.15) is 13.8 Å². The zero-order valence-corrected chi connectivity index (χ0v) is 11.0. The number of nitrogens with zero attached hydrogens (tertiary/aromatic N) is 1. The molecule has 0 bridgehead atoms. The van der Waals surface area contributed by atoms with Gasteiger partial charge < -0.3 is 19.7 Å². The van der Waals surface area contributed by atoms with Gasteiger partial charge in [0.15, 0.2) is 0 Å². The van der Waals surface area contributed by atoms with Crippen molar-refractivity contribution in [3.63, 3.8) is 0 Å². The van der Waals surface area contributed by atoms with Gasteiger partial charge >= 0.3 is 0 Å². The molecule has 0 aliphatic carbocycles. The van der Waals surface area contributed by atoms with Crippen LogP contribution in [-0.4, -0.2) is 38.4 Å². The Bertz CT molecular complexity index is 434. The van der Waals surface area contributed by atoms with E-state index in [0.717, 1.165) is 37.7 Å². The summed E-state index contributed by atoms with van der Waals surface area (Å²) in [6.45, 7) is 7.61. The van der Waals surface area contributed by atoms with Gasteiger partial charge in [-0.2, -0.15) is 0 Å². The van der Waals surface area contributed by atoms with Crippen molar-refractivity contribution in [3.05, 3.63) is 18.2 Å². The zero-order valence-electron chi connectivity index (χ0n) is 11.0. The molecule has 98 valence electrons. The van der Waals surface area contributed by atoms with Gasteiger partial charge in [-0.05, 0) is 26.0 Å². The van der Waals surface area contributed by atoms with E-state index >= 15 is 0 Å².